The van der Waals surface area contributed by atoms with Gasteiger partial charge in [-0.25, -0.2) is 0 Å². The second-order valence-electron chi connectivity index (χ2n) is 4.88. The normalized spacial score (nSPS) is 20.2. The van der Waals surface area contributed by atoms with Crippen LogP contribution in [0, 0.1) is 0 Å². The highest BCUT2D eigenvalue weighted by Gasteiger charge is 2.25. The van der Waals surface area contributed by atoms with Gasteiger partial charge in [-0.05, 0) is 31.4 Å². The lowest BCUT2D eigenvalue weighted by molar-refractivity contribution is 0.0285. The number of methoxy groups -OCH3 is 1. The van der Waals surface area contributed by atoms with Crippen LogP contribution in [0.4, 0.5) is 0 Å². The predicted molar refractivity (Wildman–Crippen MR) is 77.1 cm³/mol. The molecule has 1 aliphatic heterocycles. The third-order valence-corrected chi connectivity index (χ3v) is 5.16. The Balaban J connectivity index is 2.00. The maximum absolute atomic E-state index is 5.99. The number of piperidine rings is 1. The zero-order chi connectivity index (χ0) is 13.0. The molecule has 3 nitrogen and oxygen atoms in total. The molecule has 2 rings (SSSR count). The van der Waals surface area contributed by atoms with Crippen molar-refractivity contribution in [1.82, 2.24) is 4.90 Å². The number of hydrogen-bond donors (Lipinski definition) is 1. The third-order valence-electron chi connectivity index (χ3n) is 3.83. The summed E-state index contributed by atoms with van der Waals surface area (Å²) < 4.78 is 5.42. The minimum Gasteiger partial charge on any atom is -0.381 e. The van der Waals surface area contributed by atoms with E-state index in [0.717, 1.165) is 32.4 Å². The fourth-order valence-corrected chi connectivity index (χ4v) is 3.73. The molecule has 1 unspecified atom stereocenters. The summed E-state index contributed by atoms with van der Waals surface area (Å²) in [4.78, 5) is 5.39. The molecular formula is C14H24N2OS. The van der Waals surface area contributed by atoms with Crippen LogP contribution in [-0.2, 0) is 11.2 Å². The van der Waals surface area contributed by atoms with Crippen LogP contribution in [0.2, 0.25) is 0 Å². The van der Waals surface area contributed by atoms with Gasteiger partial charge in [0.15, 0.2) is 0 Å². The summed E-state index contributed by atoms with van der Waals surface area (Å²) in [5.41, 5.74) is 5.99. The Kier molecular flexibility index (Phi) is 5.18. The summed E-state index contributed by atoms with van der Waals surface area (Å²) in [6.07, 6.45) is 3.81. The first-order chi connectivity index (χ1) is 8.78. The first-order valence-electron chi connectivity index (χ1n) is 6.84. The van der Waals surface area contributed by atoms with Crippen LogP contribution in [0.3, 0.4) is 0 Å². The zero-order valence-corrected chi connectivity index (χ0v) is 12.2. The molecule has 18 heavy (non-hydrogen) atoms. The fourth-order valence-electron chi connectivity index (χ4n) is 2.63. The van der Waals surface area contributed by atoms with Crippen LogP contribution >= 0.6 is 11.3 Å². The molecule has 0 bridgehead atoms. The number of rotatable bonds is 5. The van der Waals surface area contributed by atoms with E-state index in [1.54, 1.807) is 0 Å². The molecule has 102 valence electrons. The van der Waals surface area contributed by atoms with Gasteiger partial charge in [0.1, 0.15) is 0 Å². The molecule has 0 amide bonds. The van der Waals surface area contributed by atoms with Crippen LogP contribution in [0.15, 0.2) is 12.1 Å². The van der Waals surface area contributed by atoms with E-state index in [1.807, 2.05) is 18.4 Å². The number of nitrogens with two attached hydrogens (primary N) is 1. The highest BCUT2D eigenvalue weighted by molar-refractivity contribution is 7.12. The first-order valence-corrected chi connectivity index (χ1v) is 7.65. The quantitative estimate of drug-likeness (QED) is 0.891. The predicted octanol–water partition coefficient (Wildman–Crippen LogP) is 2.42. The molecule has 0 aliphatic carbocycles. The molecular weight excluding hydrogens is 244 g/mol. The van der Waals surface area contributed by atoms with Crippen LogP contribution in [0.5, 0.6) is 0 Å². The lowest BCUT2D eigenvalue weighted by atomic mass is 10.0. The lowest BCUT2D eigenvalue weighted by Gasteiger charge is -2.36. The molecule has 1 fully saturated rings. The van der Waals surface area contributed by atoms with Gasteiger partial charge in [-0.1, -0.05) is 6.92 Å². The third kappa shape index (κ3) is 3.12. The van der Waals surface area contributed by atoms with Gasteiger partial charge in [0.2, 0.25) is 0 Å². The Bertz CT molecular complexity index is 358. The summed E-state index contributed by atoms with van der Waals surface area (Å²) >= 11 is 1.91. The van der Waals surface area contributed by atoms with Crippen LogP contribution in [-0.4, -0.2) is 37.7 Å². The summed E-state index contributed by atoms with van der Waals surface area (Å²) in [6, 6.07) is 4.89. The van der Waals surface area contributed by atoms with Crippen molar-refractivity contribution in [1.29, 1.82) is 0 Å². The van der Waals surface area contributed by atoms with E-state index in [2.05, 4.69) is 24.0 Å². The lowest BCUT2D eigenvalue weighted by Crippen LogP contribution is -2.41. The molecule has 0 radical (unpaired) electrons. The minimum atomic E-state index is 0.396. The summed E-state index contributed by atoms with van der Waals surface area (Å²) in [5.74, 6) is 0. The molecule has 0 saturated carbocycles. The minimum absolute atomic E-state index is 0.396. The van der Waals surface area contributed by atoms with Crippen LogP contribution < -0.4 is 5.73 Å². The van der Waals surface area contributed by atoms with Crippen molar-refractivity contribution < 1.29 is 4.74 Å². The second kappa shape index (κ2) is 6.66. The summed E-state index contributed by atoms with van der Waals surface area (Å²) in [5, 5.41) is 0. The topological polar surface area (TPSA) is 38.5 Å². The molecule has 0 aromatic carbocycles. The standard InChI is InChI=1S/C14H24N2OS/c1-3-12-4-5-14(18-12)13(10-15)16-8-6-11(17-2)7-9-16/h4-5,11,13H,3,6-10,15H2,1-2H3. The maximum Gasteiger partial charge on any atom is 0.0595 e. The first kappa shape index (κ1) is 14.0. The molecule has 4 heteroatoms. The molecule has 1 aromatic rings. The Morgan fingerprint density at radius 3 is 2.67 bits per heavy atom. The molecule has 2 N–H and O–H groups in total. The van der Waals surface area contributed by atoms with E-state index < -0.39 is 0 Å². The Labute approximate surface area is 114 Å². The van der Waals surface area contributed by atoms with Gasteiger partial charge in [0.05, 0.1) is 12.1 Å². The SMILES string of the molecule is CCc1ccc(C(CN)N2CCC(OC)CC2)s1. The van der Waals surface area contributed by atoms with Crippen LogP contribution in [0.1, 0.15) is 35.6 Å². The average Bonchev–Trinajstić information content (AvgIpc) is 2.89. The van der Waals surface area contributed by atoms with E-state index in [-0.39, 0.29) is 0 Å². The summed E-state index contributed by atoms with van der Waals surface area (Å²) in [6.45, 7) is 5.11. The van der Waals surface area contributed by atoms with Gasteiger partial charge < -0.3 is 10.5 Å². The van der Waals surface area contributed by atoms with E-state index in [9.17, 15) is 0 Å². The molecule has 1 saturated heterocycles. The number of thiophene rings is 1. The molecule has 2 heterocycles. The number of likely N-dealkylation sites (tertiary alicyclic amines) is 1. The van der Waals surface area contributed by atoms with Crippen molar-refractivity contribution in [2.24, 2.45) is 5.73 Å². The number of hydrogen-bond acceptors (Lipinski definition) is 4. The van der Waals surface area contributed by atoms with E-state index >= 15 is 0 Å². The average molecular weight is 268 g/mol. The van der Waals surface area contributed by atoms with Crippen LogP contribution in [0.25, 0.3) is 0 Å². The van der Waals surface area contributed by atoms with Gasteiger partial charge in [-0.15, -0.1) is 11.3 Å². The zero-order valence-electron chi connectivity index (χ0n) is 11.4. The summed E-state index contributed by atoms with van der Waals surface area (Å²) in [7, 11) is 1.81. The van der Waals surface area contributed by atoms with E-state index in [1.165, 1.54) is 9.75 Å². The van der Waals surface area contributed by atoms with Gasteiger partial charge in [-0.3, -0.25) is 4.90 Å². The Morgan fingerprint density at radius 1 is 1.44 bits per heavy atom. The Morgan fingerprint density at radius 2 is 2.17 bits per heavy atom. The van der Waals surface area contributed by atoms with Crippen molar-refractivity contribution in [2.45, 2.75) is 38.3 Å². The fraction of sp³-hybridized carbons (Fsp3) is 0.714. The van der Waals surface area contributed by atoms with Gasteiger partial charge in [0, 0.05) is 36.5 Å². The van der Waals surface area contributed by atoms with Crippen molar-refractivity contribution in [3.8, 4) is 0 Å². The molecule has 1 aromatic heterocycles. The van der Waals surface area contributed by atoms with Gasteiger partial charge in [0.25, 0.3) is 0 Å². The Hall–Kier alpha value is -0.420. The highest BCUT2D eigenvalue weighted by Crippen LogP contribution is 2.30. The number of nitrogens with zero attached hydrogens (tertiary/aromatic N) is 1. The number of aryl methyl sites for hydroxylation is 1. The van der Waals surface area contributed by atoms with E-state index in [0.29, 0.717) is 18.7 Å². The van der Waals surface area contributed by atoms with Crippen molar-refractivity contribution >= 4 is 11.3 Å². The van der Waals surface area contributed by atoms with Crippen molar-refractivity contribution in [3.05, 3.63) is 21.9 Å². The van der Waals surface area contributed by atoms with Gasteiger partial charge in [-0.2, -0.15) is 0 Å². The largest absolute Gasteiger partial charge is 0.381 e. The molecule has 0 spiro atoms. The second-order valence-corrected chi connectivity index (χ2v) is 6.08. The van der Waals surface area contributed by atoms with Crippen molar-refractivity contribution in [2.75, 3.05) is 26.7 Å². The molecule has 1 aliphatic rings. The highest BCUT2D eigenvalue weighted by atomic mass is 32.1. The maximum atomic E-state index is 5.99. The number of ether oxygens (including phenoxy) is 1. The van der Waals surface area contributed by atoms with E-state index in [4.69, 9.17) is 10.5 Å². The van der Waals surface area contributed by atoms with Crippen molar-refractivity contribution in [3.63, 3.8) is 0 Å². The molecule has 1 atom stereocenters. The smallest absolute Gasteiger partial charge is 0.0595 e. The van der Waals surface area contributed by atoms with Gasteiger partial charge >= 0.3 is 0 Å². The monoisotopic (exact) mass is 268 g/mol.